The van der Waals surface area contributed by atoms with Crippen LogP contribution in [0.25, 0.3) is 0 Å². The van der Waals surface area contributed by atoms with Gasteiger partial charge in [0.25, 0.3) is 5.91 Å². The van der Waals surface area contributed by atoms with Gasteiger partial charge >= 0.3 is 0 Å². The molecule has 1 N–H and O–H groups in total. The molecule has 1 amide bonds. The second kappa shape index (κ2) is 5.54. The number of nitriles is 1. The van der Waals surface area contributed by atoms with Crippen molar-refractivity contribution in [1.29, 1.82) is 5.26 Å². The van der Waals surface area contributed by atoms with Crippen LogP contribution in [0.5, 0.6) is 5.75 Å². The number of carbonyl (C=O) groups excluding carboxylic acids is 1. The predicted octanol–water partition coefficient (Wildman–Crippen LogP) is 2.35. The summed E-state index contributed by atoms with van der Waals surface area (Å²) in [6, 6.07) is 9.70. The first-order valence-corrected chi connectivity index (χ1v) is 7.35. The van der Waals surface area contributed by atoms with Gasteiger partial charge in [0.05, 0.1) is 6.07 Å². The van der Waals surface area contributed by atoms with Crippen LogP contribution in [0.3, 0.4) is 0 Å². The molecule has 0 spiro atoms. The van der Waals surface area contributed by atoms with Crippen molar-refractivity contribution in [1.82, 2.24) is 5.32 Å². The molecule has 19 heavy (non-hydrogen) atoms. The Morgan fingerprint density at radius 2 is 2.11 bits per heavy atom. The van der Waals surface area contributed by atoms with E-state index in [1.165, 1.54) is 0 Å². The van der Waals surface area contributed by atoms with Crippen molar-refractivity contribution in [3.05, 3.63) is 24.3 Å². The maximum absolute atomic E-state index is 11.9. The van der Waals surface area contributed by atoms with Gasteiger partial charge in [0.15, 0.2) is 6.10 Å². The van der Waals surface area contributed by atoms with Crippen molar-refractivity contribution in [2.45, 2.75) is 36.3 Å². The fourth-order valence-corrected chi connectivity index (χ4v) is 2.05. The summed E-state index contributed by atoms with van der Waals surface area (Å²) >= 11 is 1.65. The number of carbonyl (C=O) groups is 1. The highest BCUT2D eigenvalue weighted by Crippen LogP contribution is 2.34. The molecule has 0 saturated heterocycles. The van der Waals surface area contributed by atoms with E-state index >= 15 is 0 Å². The molecular formula is C14H16N2O2S. The second-order valence-corrected chi connectivity index (χ2v) is 5.50. The number of thioether (sulfide) groups is 1. The van der Waals surface area contributed by atoms with Crippen LogP contribution in [0.4, 0.5) is 0 Å². The Morgan fingerprint density at radius 1 is 1.47 bits per heavy atom. The normalized spacial score (nSPS) is 17.1. The van der Waals surface area contributed by atoms with E-state index in [1.54, 1.807) is 18.7 Å². The van der Waals surface area contributed by atoms with Crippen LogP contribution >= 0.6 is 11.8 Å². The summed E-state index contributed by atoms with van der Waals surface area (Å²) in [5.74, 6) is 0.412. The summed E-state index contributed by atoms with van der Waals surface area (Å²) in [5, 5.41) is 11.7. The standard InChI is InChI=1S/C14H16N2O2S/c1-10(13(17)16-14(9-15)7-8-14)18-11-3-5-12(19-2)6-4-11/h3-6,10H,7-8H2,1-2H3,(H,16,17)/t10-/m0/s1. The van der Waals surface area contributed by atoms with Crippen molar-refractivity contribution in [3.8, 4) is 11.8 Å². The molecule has 0 aromatic heterocycles. The third-order valence-corrected chi connectivity index (χ3v) is 3.81. The fraction of sp³-hybridized carbons (Fsp3) is 0.429. The van der Waals surface area contributed by atoms with Gasteiger partial charge in [-0.05, 0) is 50.3 Å². The van der Waals surface area contributed by atoms with E-state index in [0.29, 0.717) is 5.75 Å². The highest BCUT2D eigenvalue weighted by Gasteiger charge is 2.45. The largest absolute Gasteiger partial charge is 0.481 e. The molecule has 1 saturated carbocycles. The number of hydrogen-bond acceptors (Lipinski definition) is 4. The molecule has 1 aliphatic carbocycles. The molecule has 0 heterocycles. The van der Waals surface area contributed by atoms with Crippen LogP contribution in [0.1, 0.15) is 19.8 Å². The molecule has 1 aromatic rings. The van der Waals surface area contributed by atoms with Gasteiger partial charge in [-0.1, -0.05) is 0 Å². The molecule has 1 aliphatic rings. The Hall–Kier alpha value is -1.67. The minimum atomic E-state index is -0.641. The zero-order valence-corrected chi connectivity index (χ0v) is 11.8. The van der Waals surface area contributed by atoms with Crippen LogP contribution in [0, 0.1) is 11.3 Å². The van der Waals surface area contributed by atoms with Crippen LogP contribution in [0.2, 0.25) is 0 Å². The van der Waals surface area contributed by atoms with Crippen molar-refractivity contribution in [2.24, 2.45) is 0 Å². The Bertz CT molecular complexity index is 503. The van der Waals surface area contributed by atoms with Crippen LogP contribution in [0.15, 0.2) is 29.2 Å². The summed E-state index contributed by atoms with van der Waals surface area (Å²) in [7, 11) is 0. The van der Waals surface area contributed by atoms with Crippen LogP contribution in [-0.4, -0.2) is 23.8 Å². The van der Waals surface area contributed by atoms with E-state index in [0.717, 1.165) is 17.7 Å². The highest BCUT2D eigenvalue weighted by atomic mass is 32.2. The molecule has 0 unspecified atom stereocenters. The molecule has 0 bridgehead atoms. The predicted molar refractivity (Wildman–Crippen MR) is 74.0 cm³/mol. The Labute approximate surface area is 117 Å². The summed E-state index contributed by atoms with van der Waals surface area (Å²) < 4.78 is 5.56. The van der Waals surface area contributed by atoms with Gasteiger partial charge in [-0.15, -0.1) is 11.8 Å². The van der Waals surface area contributed by atoms with E-state index in [9.17, 15) is 4.79 Å². The second-order valence-electron chi connectivity index (χ2n) is 4.62. The van der Waals surface area contributed by atoms with Crippen LogP contribution in [-0.2, 0) is 4.79 Å². The van der Waals surface area contributed by atoms with E-state index in [1.807, 2.05) is 30.5 Å². The summed E-state index contributed by atoms with van der Waals surface area (Å²) in [6.45, 7) is 1.69. The van der Waals surface area contributed by atoms with Gasteiger partial charge in [-0.25, -0.2) is 0 Å². The fourth-order valence-electron chi connectivity index (χ4n) is 1.64. The zero-order valence-electron chi connectivity index (χ0n) is 11.0. The number of rotatable bonds is 5. The lowest BCUT2D eigenvalue weighted by molar-refractivity contribution is -0.127. The van der Waals surface area contributed by atoms with Gasteiger partial charge in [-0.2, -0.15) is 5.26 Å². The molecule has 2 rings (SSSR count). The van der Waals surface area contributed by atoms with Crippen molar-refractivity contribution in [2.75, 3.05) is 6.26 Å². The van der Waals surface area contributed by atoms with Crippen molar-refractivity contribution >= 4 is 17.7 Å². The lowest BCUT2D eigenvalue weighted by Crippen LogP contribution is -2.43. The first-order valence-electron chi connectivity index (χ1n) is 6.12. The van der Waals surface area contributed by atoms with E-state index in [-0.39, 0.29) is 5.91 Å². The van der Waals surface area contributed by atoms with Gasteiger partial charge in [-0.3, -0.25) is 4.79 Å². The first kappa shape index (κ1) is 13.8. The number of ether oxygens (including phenoxy) is 1. The Kier molecular flexibility index (Phi) is 4.01. The quantitative estimate of drug-likeness (QED) is 0.839. The average Bonchev–Trinajstić information content (AvgIpc) is 3.20. The highest BCUT2D eigenvalue weighted by molar-refractivity contribution is 7.98. The van der Waals surface area contributed by atoms with Crippen molar-refractivity contribution in [3.63, 3.8) is 0 Å². The molecule has 4 nitrogen and oxygen atoms in total. The molecule has 1 aromatic carbocycles. The number of amides is 1. The van der Waals surface area contributed by atoms with Crippen LogP contribution < -0.4 is 10.1 Å². The third-order valence-electron chi connectivity index (χ3n) is 3.07. The minimum Gasteiger partial charge on any atom is -0.481 e. The lowest BCUT2D eigenvalue weighted by Gasteiger charge is -2.16. The average molecular weight is 276 g/mol. The monoisotopic (exact) mass is 276 g/mol. The smallest absolute Gasteiger partial charge is 0.262 e. The van der Waals surface area contributed by atoms with Gasteiger partial charge in [0.1, 0.15) is 11.3 Å². The topological polar surface area (TPSA) is 62.1 Å². The summed E-state index contributed by atoms with van der Waals surface area (Å²) in [6.07, 6.45) is 2.85. The molecular weight excluding hydrogens is 260 g/mol. The molecule has 5 heteroatoms. The number of nitrogens with zero attached hydrogens (tertiary/aromatic N) is 1. The molecule has 1 fully saturated rings. The molecule has 1 atom stereocenters. The van der Waals surface area contributed by atoms with Gasteiger partial charge in [0, 0.05) is 4.90 Å². The Morgan fingerprint density at radius 3 is 2.58 bits per heavy atom. The SMILES string of the molecule is CSc1ccc(O[C@@H](C)C(=O)NC2(C#N)CC2)cc1. The lowest BCUT2D eigenvalue weighted by atomic mass is 10.2. The zero-order chi connectivity index (χ0) is 13.9. The molecule has 100 valence electrons. The molecule has 0 aliphatic heterocycles. The minimum absolute atomic E-state index is 0.243. The summed E-state index contributed by atoms with van der Waals surface area (Å²) in [5.41, 5.74) is -0.641. The third kappa shape index (κ3) is 3.42. The number of nitrogens with one attached hydrogen (secondary N) is 1. The van der Waals surface area contributed by atoms with Gasteiger partial charge < -0.3 is 10.1 Å². The van der Waals surface area contributed by atoms with E-state index in [4.69, 9.17) is 10.00 Å². The first-order chi connectivity index (χ1) is 9.08. The molecule has 0 radical (unpaired) electrons. The van der Waals surface area contributed by atoms with E-state index < -0.39 is 11.6 Å². The number of benzene rings is 1. The Balaban J connectivity index is 1.91. The summed E-state index contributed by atoms with van der Waals surface area (Å²) in [4.78, 5) is 13.0. The maximum atomic E-state index is 11.9. The van der Waals surface area contributed by atoms with E-state index in [2.05, 4.69) is 11.4 Å². The van der Waals surface area contributed by atoms with Crippen molar-refractivity contribution < 1.29 is 9.53 Å². The number of hydrogen-bond donors (Lipinski definition) is 1. The van der Waals surface area contributed by atoms with Gasteiger partial charge in [0.2, 0.25) is 0 Å². The maximum Gasteiger partial charge on any atom is 0.262 e.